The number of rotatable bonds is 9. The van der Waals surface area contributed by atoms with Gasteiger partial charge in [0.05, 0.1) is 6.04 Å². The van der Waals surface area contributed by atoms with Gasteiger partial charge >= 0.3 is 0 Å². The van der Waals surface area contributed by atoms with E-state index in [1.165, 1.54) is 0 Å². The van der Waals surface area contributed by atoms with Crippen molar-refractivity contribution >= 4 is 33.7 Å². The van der Waals surface area contributed by atoms with E-state index >= 15 is 0 Å². The van der Waals surface area contributed by atoms with E-state index in [1.54, 1.807) is 72.8 Å². The average molecular weight is 510 g/mol. The highest BCUT2D eigenvalue weighted by Gasteiger charge is 2.31. The molecule has 170 valence electrons. The first-order valence-corrected chi connectivity index (χ1v) is 11.1. The Labute approximate surface area is 200 Å². The number of aliphatic hydroxyl groups is 1. The molecule has 0 aliphatic carbocycles. The van der Waals surface area contributed by atoms with E-state index in [-0.39, 0.29) is 6.42 Å². The molecular weight excluding hydrogens is 486 g/mol. The van der Waals surface area contributed by atoms with Crippen LogP contribution >= 0.6 is 15.9 Å². The van der Waals surface area contributed by atoms with E-state index in [2.05, 4.69) is 26.6 Å². The highest BCUT2D eigenvalue weighted by molar-refractivity contribution is 9.10. The van der Waals surface area contributed by atoms with Gasteiger partial charge in [0.15, 0.2) is 6.10 Å². The van der Waals surface area contributed by atoms with Crippen molar-refractivity contribution in [1.29, 1.82) is 0 Å². The molecule has 0 saturated heterocycles. The van der Waals surface area contributed by atoms with E-state index in [9.17, 15) is 19.5 Å². The van der Waals surface area contributed by atoms with Crippen molar-refractivity contribution in [2.75, 3.05) is 0 Å². The molecule has 0 saturated carbocycles. The number of nitrogens with one attached hydrogen (secondary N) is 2. The third-order valence-corrected chi connectivity index (χ3v) is 5.55. The second kappa shape index (κ2) is 11.4. The molecule has 0 aliphatic heterocycles. The van der Waals surface area contributed by atoms with E-state index in [1.807, 2.05) is 12.1 Å². The lowest BCUT2D eigenvalue weighted by Crippen LogP contribution is -2.52. The molecule has 0 spiro atoms. The lowest BCUT2D eigenvalue weighted by molar-refractivity contribution is -0.134. The Bertz CT molecular complexity index is 1110. The zero-order valence-electron chi connectivity index (χ0n) is 17.6. The molecule has 3 aromatic rings. The van der Waals surface area contributed by atoms with Crippen LogP contribution in [0.25, 0.3) is 0 Å². The van der Waals surface area contributed by atoms with Crippen LogP contribution in [0.15, 0.2) is 89.4 Å². The molecule has 33 heavy (non-hydrogen) atoms. The predicted octanol–water partition coefficient (Wildman–Crippen LogP) is 2.49. The quantitative estimate of drug-likeness (QED) is 0.354. The fourth-order valence-corrected chi connectivity index (χ4v) is 3.80. The first kappa shape index (κ1) is 24.2. The highest BCUT2D eigenvalue weighted by Crippen LogP contribution is 2.19. The second-order valence-electron chi connectivity index (χ2n) is 7.47. The van der Waals surface area contributed by atoms with Gasteiger partial charge in [-0.25, -0.2) is 0 Å². The fraction of sp³-hybridized carbons (Fsp3) is 0.160. The van der Waals surface area contributed by atoms with Gasteiger partial charge < -0.3 is 21.5 Å². The molecular formula is C25H24BrN3O4. The summed E-state index contributed by atoms with van der Waals surface area (Å²) in [7, 11) is 0. The van der Waals surface area contributed by atoms with Gasteiger partial charge in [0.2, 0.25) is 5.91 Å². The Morgan fingerprint density at radius 1 is 0.879 bits per heavy atom. The van der Waals surface area contributed by atoms with Crippen LogP contribution in [-0.2, 0) is 16.0 Å². The summed E-state index contributed by atoms with van der Waals surface area (Å²) in [5, 5.41) is 16.1. The molecule has 8 heteroatoms. The Hall–Kier alpha value is -3.49. The number of aliphatic hydroxyl groups excluding tert-OH is 1. The van der Waals surface area contributed by atoms with Crippen molar-refractivity contribution in [3.8, 4) is 0 Å². The number of carbonyl (C=O) groups is 3. The van der Waals surface area contributed by atoms with Crippen molar-refractivity contribution < 1.29 is 19.5 Å². The third-order valence-electron chi connectivity index (χ3n) is 5.05. The third kappa shape index (κ3) is 6.74. The zero-order valence-corrected chi connectivity index (χ0v) is 19.2. The number of benzene rings is 3. The minimum Gasteiger partial charge on any atom is -0.381 e. The Kier molecular flexibility index (Phi) is 8.34. The number of hydrogen-bond donors (Lipinski definition) is 4. The molecule has 5 N–H and O–H groups in total. The van der Waals surface area contributed by atoms with Gasteiger partial charge in [0, 0.05) is 16.5 Å². The van der Waals surface area contributed by atoms with Crippen LogP contribution in [0.3, 0.4) is 0 Å². The molecule has 0 aliphatic rings. The largest absolute Gasteiger partial charge is 0.381 e. The van der Waals surface area contributed by atoms with Crippen molar-refractivity contribution in [3.63, 3.8) is 0 Å². The number of primary amides is 1. The average Bonchev–Trinajstić information content (AvgIpc) is 2.82. The maximum absolute atomic E-state index is 12.9. The lowest BCUT2D eigenvalue weighted by Gasteiger charge is -2.26. The Balaban J connectivity index is 1.79. The van der Waals surface area contributed by atoms with Gasteiger partial charge in [-0.3, -0.25) is 14.4 Å². The van der Waals surface area contributed by atoms with Gasteiger partial charge in [0.1, 0.15) is 6.04 Å². The normalized spacial score (nSPS) is 13.4. The topological polar surface area (TPSA) is 122 Å². The summed E-state index contributed by atoms with van der Waals surface area (Å²) in [4.78, 5) is 37.6. The van der Waals surface area contributed by atoms with Crippen molar-refractivity contribution in [1.82, 2.24) is 10.6 Å². The van der Waals surface area contributed by atoms with E-state index in [4.69, 9.17) is 5.73 Å². The van der Waals surface area contributed by atoms with Crippen LogP contribution in [-0.4, -0.2) is 35.0 Å². The van der Waals surface area contributed by atoms with Gasteiger partial charge in [-0.15, -0.1) is 0 Å². The van der Waals surface area contributed by atoms with E-state index in [0.717, 1.165) is 10.0 Å². The summed E-state index contributed by atoms with van der Waals surface area (Å²) in [5.41, 5.74) is 7.20. The molecule has 3 amide bonds. The van der Waals surface area contributed by atoms with Crippen LogP contribution < -0.4 is 16.4 Å². The molecule has 7 nitrogen and oxygen atoms in total. The summed E-state index contributed by atoms with van der Waals surface area (Å²) < 4.78 is 0.822. The monoisotopic (exact) mass is 509 g/mol. The maximum Gasteiger partial charge on any atom is 0.252 e. The Morgan fingerprint density at radius 2 is 1.52 bits per heavy atom. The van der Waals surface area contributed by atoms with Crippen LogP contribution in [0.4, 0.5) is 0 Å². The Morgan fingerprint density at radius 3 is 2.12 bits per heavy atom. The first-order chi connectivity index (χ1) is 15.8. The molecule has 3 atom stereocenters. The first-order valence-electron chi connectivity index (χ1n) is 10.3. The van der Waals surface area contributed by atoms with Gasteiger partial charge in [-0.1, -0.05) is 76.6 Å². The van der Waals surface area contributed by atoms with Gasteiger partial charge in [-0.2, -0.15) is 0 Å². The SMILES string of the molecule is NC(=O)[C@@H](Cc1cccc(Br)c1)NC(=O)[C@H](O)[C@@H](NC(=O)c1ccccc1)c1ccccc1. The lowest BCUT2D eigenvalue weighted by atomic mass is 9.99. The number of hydrogen-bond acceptors (Lipinski definition) is 4. The zero-order chi connectivity index (χ0) is 23.8. The minimum absolute atomic E-state index is 0.152. The summed E-state index contributed by atoms with van der Waals surface area (Å²) in [6, 6.07) is 22.3. The van der Waals surface area contributed by atoms with Crippen molar-refractivity contribution in [2.24, 2.45) is 5.73 Å². The van der Waals surface area contributed by atoms with Crippen LogP contribution in [0, 0.1) is 0 Å². The highest BCUT2D eigenvalue weighted by atomic mass is 79.9. The van der Waals surface area contributed by atoms with Crippen LogP contribution in [0.5, 0.6) is 0 Å². The minimum atomic E-state index is -1.66. The molecule has 0 bridgehead atoms. The number of carbonyl (C=O) groups excluding carboxylic acids is 3. The molecule has 3 aromatic carbocycles. The number of amides is 3. The van der Waals surface area contributed by atoms with Gasteiger partial charge in [0.25, 0.3) is 11.8 Å². The second-order valence-corrected chi connectivity index (χ2v) is 8.39. The van der Waals surface area contributed by atoms with E-state index < -0.39 is 35.9 Å². The molecule has 0 aromatic heterocycles. The molecule has 3 rings (SSSR count). The van der Waals surface area contributed by atoms with Crippen molar-refractivity contribution in [2.45, 2.75) is 24.6 Å². The molecule has 0 unspecified atom stereocenters. The van der Waals surface area contributed by atoms with Crippen LogP contribution in [0.1, 0.15) is 27.5 Å². The predicted molar refractivity (Wildman–Crippen MR) is 128 cm³/mol. The summed E-state index contributed by atoms with van der Waals surface area (Å²) in [5.74, 6) is -2.01. The molecule has 0 heterocycles. The molecule has 0 fully saturated rings. The van der Waals surface area contributed by atoms with E-state index in [0.29, 0.717) is 11.1 Å². The maximum atomic E-state index is 12.9. The van der Waals surface area contributed by atoms with Gasteiger partial charge in [-0.05, 0) is 35.4 Å². The van der Waals surface area contributed by atoms with Crippen molar-refractivity contribution in [3.05, 3.63) is 106 Å². The molecule has 0 radical (unpaired) electrons. The van der Waals surface area contributed by atoms with Crippen LogP contribution in [0.2, 0.25) is 0 Å². The smallest absolute Gasteiger partial charge is 0.252 e. The number of halogens is 1. The summed E-state index contributed by atoms with van der Waals surface area (Å²) in [6.07, 6.45) is -1.51. The number of nitrogens with two attached hydrogens (primary N) is 1. The fourth-order valence-electron chi connectivity index (χ4n) is 3.35. The standard InChI is InChI=1S/C25H24BrN3O4/c26-19-13-7-8-16(14-19)15-20(23(27)31)28-25(33)22(30)21(17-9-3-1-4-10-17)29-24(32)18-11-5-2-6-12-18/h1-14,20-22,30H,15H2,(H2,27,31)(H,28,33)(H,29,32)/t20-,21+,22-/m1/s1. The summed E-state index contributed by atoms with van der Waals surface area (Å²) in [6.45, 7) is 0. The summed E-state index contributed by atoms with van der Waals surface area (Å²) >= 11 is 3.37.